The molecule has 1 saturated carbocycles. The number of hydrogen-bond donors (Lipinski definition) is 1. The molecule has 1 fully saturated rings. The van der Waals surface area contributed by atoms with E-state index < -0.39 is 5.97 Å². The average molecular weight is 261 g/mol. The van der Waals surface area contributed by atoms with E-state index in [0.717, 1.165) is 25.7 Å². The molecule has 5 nitrogen and oxygen atoms in total. The van der Waals surface area contributed by atoms with Gasteiger partial charge >= 0.3 is 5.97 Å². The number of carbonyl (C=O) groups excluding carboxylic acids is 1. The summed E-state index contributed by atoms with van der Waals surface area (Å²) in [4.78, 5) is 24.6. The molecule has 5 heteroatoms. The first kappa shape index (κ1) is 13.2. The topological polar surface area (TPSA) is 70.8 Å². The van der Waals surface area contributed by atoms with Crippen LogP contribution in [0.4, 0.5) is 0 Å². The number of carboxylic acids is 1. The molecule has 0 radical (unpaired) electrons. The average Bonchev–Trinajstić information content (AvgIpc) is 3.05. The molecule has 0 aliphatic heterocycles. The van der Waals surface area contributed by atoms with Crippen molar-refractivity contribution in [1.29, 1.82) is 0 Å². The van der Waals surface area contributed by atoms with Crippen molar-refractivity contribution in [3.05, 3.63) is 23.7 Å². The Morgan fingerprint density at radius 3 is 2.53 bits per heavy atom. The lowest BCUT2D eigenvalue weighted by Gasteiger charge is -2.25. The molecule has 0 atom stereocenters. The molecule has 1 aliphatic carbocycles. The zero-order valence-electron chi connectivity index (χ0n) is 10.5. The van der Waals surface area contributed by atoms with Crippen LogP contribution in [0.15, 0.2) is 16.5 Å². The predicted molar refractivity (Wildman–Crippen MR) is 67.8 cm³/mol. The molecule has 0 unspecified atom stereocenters. The minimum absolute atomic E-state index is 0.0274. The van der Waals surface area contributed by atoms with Crippen LogP contribution in [0.1, 0.15) is 46.8 Å². The Morgan fingerprint density at radius 1 is 1.37 bits per heavy atom. The Morgan fingerprint density at radius 2 is 2.00 bits per heavy atom. The standard InChI is InChI=1S/C14H15NO4/c1-2-9-15(10-5-3-4-6-10)13(16)11-7-8-12(19-11)14(17)18/h1,7-8,10H,3-6,9H2,(H,17,18). The fourth-order valence-electron chi connectivity index (χ4n) is 2.39. The summed E-state index contributed by atoms with van der Waals surface area (Å²) in [6, 6.07) is 2.78. The van der Waals surface area contributed by atoms with Crippen LogP contribution in [0.5, 0.6) is 0 Å². The van der Waals surface area contributed by atoms with Crippen molar-refractivity contribution in [2.24, 2.45) is 0 Å². The van der Waals surface area contributed by atoms with Crippen LogP contribution >= 0.6 is 0 Å². The molecule has 1 amide bonds. The Kier molecular flexibility index (Phi) is 3.91. The largest absolute Gasteiger partial charge is 0.475 e. The lowest BCUT2D eigenvalue weighted by atomic mass is 10.2. The Labute approximate surface area is 111 Å². The van der Waals surface area contributed by atoms with Crippen molar-refractivity contribution >= 4 is 11.9 Å². The smallest absolute Gasteiger partial charge is 0.371 e. The maximum Gasteiger partial charge on any atom is 0.371 e. The van der Waals surface area contributed by atoms with Gasteiger partial charge in [0.25, 0.3) is 5.91 Å². The molecular formula is C14H15NO4. The summed E-state index contributed by atoms with van der Waals surface area (Å²) in [7, 11) is 0. The van der Waals surface area contributed by atoms with E-state index in [-0.39, 0.29) is 30.0 Å². The van der Waals surface area contributed by atoms with Crippen molar-refractivity contribution < 1.29 is 19.1 Å². The molecular weight excluding hydrogens is 246 g/mol. The van der Waals surface area contributed by atoms with E-state index in [1.54, 1.807) is 4.90 Å². The highest BCUT2D eigenvalue weighted by Crippen LogP contribution is 2.25. The van der Waals surface area contributed by atoms with E-state index in [2.05, 4.69) is 5.92 Å². The summed E-state index contributed by atoms with van der Waals surface area (Å²) in [5, 5.41) is 8.78. The Balaban J connectivity index is 2.18. The van der Waals surface area contributed by atoms with E-state index >= 15 is 0 Å². The van der Waals surface area contributed by atoms with Gasteiger partial charge in [-0.15, -0.1) is 6.42 Å². The molecule has 19 heavy (non-hydrogen) atoms. The van der Waals surface area contributed by atoms with Crippen LogP contribution in [0.2, 0.25) is 0 Å². The molecule has 2 rings (SSSR count). The van der Waals surface area contributed by atoms with Crippen molar-refractivity contribution in [1.82, 2.24) is 4.90 Å². The third-order valence-corrected chi connectivity index (χ3v) is 3.32. The van der Waals surface area contributed by atoms with E-state index in [0.29, 0.717) is 0 Å². The lowest BCUT2D eigenvalue weighted by molar-refractivity contribution is 0.0638. The summed E-state index contributed by atoms with van der Waals surface area (Å²) in [6.45, 7) is 0.215. The number of terminal acetylenes is 1. The van der Waals surface area contributed by atoms with Gasteiger partial charge in [0.05, 0.1) is 6.54 Å². The second kappa shape index (κ2) is 5.61. The van der Waals surface area contributed by atoms with Gasteiger partial charge in [-0.1, -0.05) is 18.8 Å². The molecule has 0 bridgehead atoms. The third kappa shape index (κ3) is 2.79. The first-order chi connectivity index (χ1) is 9.13. The van der Waals surface area contributed by atoms with Crippen LogP contribution in [0, 0.1) is 12.3 Å². The molecule has 1 aromatic heterocycles. The maximum absolute atomic E-state index is 12.3. The molecule has 1 aromatic rings. The highest BCUT2D eigenvalue weighted by Gasteiger charge is 2.28. The first-order valence-corrected chi connectivity index (χ1v) is 6.21. The fourth-order valence-corrected chi connectivity index (χ4v) is 2.39. The predicted octanol–water partition coefficient (Wildman–Crippen LogP) is 2.00. The van der Waals surface area contributed by atoms with E-state index in [4.69, 9.17) is 15.9 Å². The van der Waals surface area contributed by atoms with E-state index in [9.17, 15) is 9.59 Å². The highest BCUT2D eigenvalue weighted by molar-refractivity contribution is 5.93. The zero-order chi connectivity index (χ0) is 13.8. The quantitative estimate of drug-likeness (QED) is 0.841. The Bertz CT molecular complexity index is 520. The van der Waals surface area contributed by atoms with Crippen molar-refractivity contribution in [2.75, 3.05) is 6.54 Å². The third-order valence-electron chi connectivity index (χ3n) is 3.32. The number of aromatic carboxylic acids is 1. The van der Waals surface area contributed by atoms with Gasteiger partial charge < -0.3 is 14.4 Å². The van der Waals surface area contributed by atoms with Gasteiger partial charge in [-0.05, 0) is 25.0 Å². The first-order valence-electron chi connectivity index (χ1n) is 6.21. The minimum atomic E-state index is -1.19. The van der Waals surface area contributed by atoms with Crippen molar-refractivity contribution in [2.45, 2.75) is 31.7 Å². The maximum atomic E-state index is 12.3. The molecule has 0 saturated heterocycles. The summed E-state index contributed by atoms with van der Waals surface area (Å²) in [6.07, 6.45) is 9.32. The van der Waals surface area contributed by atoms with Crippen LogP contribution in [-0.4, -0.2) is 34.5 Å². The number of amides is 1. The molecule has 1 aliphatic rings. The van der Waals surface area contributed by atoms with E-state index in [1.165, 1.54) is 12.1 Å². The summed E-state index contributed by atoms with van der Waals surface area (Å²) >= 11 is 0. The van der Waals surface area contributed by atoms with Crippen molar-refractivity contribution in [3.63, 3.8) is 0 Å². The van der Waals surface area contributed by atoms with Crippen LogP contribution < -0.4 is 0 Å². The summed E-state index contributed by atoms with van der Waals surface area (Å²) in [5.74, 6) is 0.732. The second-order valence-corrected chi connectivity index (χ2v) is 4.54. The number of furan rings is 1. The van der Waals surface area contributed by atoms with Crippen LogP contribution in [0.25, 0.3) is 0 Å². The zero-order valence-corrected chi connectivity index (χ0v) is 10.5. The SMILES string of the molecule is C#CCN(C(=O)c1ccc(C(=O)O)o1)C1CCCC1. The van der Waals surface area contributed by atoms with Crippen molar-refractivity contribution in [3.8, 4) is 12.3 Å². The van der Waals surface area contributed by atoms with Crippen LogP contribution in [-0.2, 0) is 0 Å². The van der Waals surface area contributed by atoms with Gasteiger partial charge in [0.1, 0.15) is 0 Å². The fraction of sp³-hybridized carbons (Fsp3) is 0.429. The minimum Gasteiger partial charge on any atom is -0.475 e. The summed E-state index contributed by atoms with van der Waals surface area (Å²) < 4.78 is 5.03. The molecule has 100 valence electrons. The number of nitrogens with zero attached hydrogens (tertiary/aromatic N) is 1. The highest BCUT2D eigenvalue weighted by atomic mass is 16.4. The number of carboxylic acid groups (broad SMARTS) is 1. The van der Waals surface area contributed by atoms with Gasteiger partial charge in [-0.3, -0.25) is 4.79 Å². The lowest BCUT2D eigenvalue weighted by Crippen LogP contribution is -2.38. The van der Waals surface area contributed by atoms with Gasteiger partial charge in [-0.2, -0.15) is 0 Å². The molecule has 1 N–H and O–H groups in total. The van der Waals surface area contributed by atoms with Gasteiger partial charge in [0, 0.05) is 6.04 Å². The van der Waals surface area contributed by atoms with Gasteiger partial charge in [0.2, 0.25) is 5.76 Å². The van der Waals surface area contributed by atoms with Crippen LogP contribution in [0.3, 0.4) is 0 Å². The van der Waals surface area contributed by atoms with Gasteiger partial charge in [0.15, 0.2) is 5.76 Å². The number of hydrogen-bond acceptors (Lipinski definition) is 3. The van der Waals surface area contributed by atoms with E-state index in [1.807, 2.05) is 0 Å². The number of rotatable bonds is 4. The second-order valence-electron chi connectivity index (χ2n) is 4.54. The monoisotopic (exact) mass is 261 g/mol. The molecule has 0 aromatic carbocycles. The van der Waals surface area contributed by atoms with Gasteiger partial charge in [-0.25, -0.2) is 4.79 Å². The summed E-state index contributed by atoms with van der Waals surface area (Å²) in [5.41, 5.74) is 0. The number of carbonyl (C=O) groups is 2. The molecule has 0 spiro atoms. The normalized spacial score (nSPS) is 15.1. The molecule has 1 heterocycles. The Hall–Kier alpha value is -2.22.